The van der Waals surface area contributed by atoms with Gasteiger partial charge in [0.25, 0.3) is 0 Å². The van der Waals surface area contributed by atoms with E-state index in [0.29, 0.717) is 18.2 Å². The molecule has 29 heavy (non-hydrogen) atoms. The number of benzene rings is 1. The highest BCUT2D eigenvalue weighted by atomic mass is 32.2. The topological polar surface area (TPSA) is 92.6 Å². The molecule has 0 radical (unpaired) electrons. The number of sulfonamides is 2. The molecule has 0 unspecified atom stereocenters. The summed E-state index contributed by atoms with van der Waals surface area (Å²) in [6.45, 7) is 8.70. The zero-order valence-electron chi connectivity index (χ0n) is 17.2. The van der Waals surface area contributed by atoms with Crippen molar-refractivity contribution in [2.24, 2.45) is 0 Å². The van der Waals surface area contributed by atoms with E-state index in [-0.39, 0.29) is 36.0 Å². The Morgan fingerprint density at radius 1 is 0.931 bits per heavy atom. The van der Waals surface area contributed by atoms with Gasteiger partial charge in [0.15, 0.2) is 0 Å². The van der Waals surface area contributed by atoms with Crippen LogP contribution in [0.5, 0.6) is 0 Å². The minimum atomic E-state index is -3.70. The lowest BCUT2D eigenvalue weighted by molar-refractivity contribution is 0.272. The Morgan fingerprint density at radius 3 is 1.90 bits per heavy atom. The van der Waals surface area contributed by atoms with Crippen LogP contribution in [0.2, 0.25) is 0 Å². The lowest BCUT2D eigenvalue weighted by atomic mass is 10.0. The van der Waals surface area contributed by atoms with Gasteiger partial charge in [-0.05, 0) is 37.5 Å². The van der Waals surface area contributed by atoms with Gasteiger partial charge in [0, 0.05) is 38.9 Å². The first kappa shape index (κ1) is 21.9. The second-order valence-corrected chi connectivity index (χ2v) is 11.3. The van der Waals surface area contributed by atoms with Gasteiger partial charge in [-0.2, -0.15) is 13.7 Å². The minimum absolute atomic E-state index is 0.113. The average Bonchev–Trinajstić information content (AvgIpc) is 3.10. The number of hydrogen-bond donors (Lipinski definition) is 0. The van der Waals surface area contributed by atoms with Crippen molar-refractivity contribution in [3.63, 3.8) is 0 Å². The van der Waals surface area contributed by atoms with Crippen LogP contribution in [-0.4, -0.2) is 61.4 Å². The predicted octanol–water partition coefficient (Wildman–Crippen LogP) is 2.03. The van der Waals surface area contributed by atoms with Gasteiger partial charge in [-0.25, -0.2) is 16.8 Å². The Bertz CT molecular complexity index is 1070. The summed E-state index contributed by atoms with van der Waals surface area (Å²) < 4.78 is 56.1. The van der Waals surface area contributed by atoms with Crippen molar-refractivity contribution in [1.29, 1.82) is 0 Å². The van der Waals surface area contributed by atoms with E-state index in [1.54, 1.807) is 23.7 Å². The third-order valence-electron chi connectivity index (χ3n) is 5.23. The van der Waals surface area contributed by atoms with Gasteiger partial charge in [-0.3, -0.25) is 4.68 Å². The SMILES string of the molecule is CCn1cc(S(=O)(=O)N2CCN(S(=O)(=O)c3ccc(C(C)C)cc3)CC2)c(C)n1. The van der Waals surface area contributed by atoms with Gasteiger partial charge < -0.3 is 0 Å². The summed E-state index contributed by atoms with van der Waals surface area (Å²) >= 11 is 0. The van der Waals surface area contributed by atoms with Gasteiger partial charge in [0.1, 0.15) is 4.90 Å². The molecule has 1 fully saturated rings. The number of rotatable bonds is 6. The highest BCUT2D eigenvalue weighted by Gasteiger charge is 2.35. The van der Waals surface area contributed by atoms with Gasteiger partial charge in [0.05, 0.1) is 10.6 Å². The molecule has 0 bridgehead atoms. The molecule has 2 aromatic rings. The first-order valence-electron chi connectivity index (χ1n) is 9.71. The maximum Gasteiger partial charge on any atom is 0.246 e. The van der Waals surface area contributed by atoms with Crippen LogP contribution in [0.25, 0.3) is 0 Å². The van der Waals surface area contributed by atoms with Crippen LogP contribution in [0, 0.1) is 6.92 Å². The third kappa shape index (κ3) is 4.25. The minimum Gasteiger partial charge on any atom is -0.271 e. The first-order valence-corrected chi connectivity index (χ1v) is 12.6. The normalized spacial score (nSPS) is 17.1. The zero-order valence-corrected chi connectivity index (χ0v) is 18.9. The molecule has 1 aliphatic heterocycles. The molecule has 8 nitrogen and oxygen atoms in total. The van der Waals surface area contributed by atoms with Crippen molar-refractivity contribution >= 4 is 20.0 Å². The predicted molar refractivity (Wildman–Crippen MR) is 111 cm³/mol. The fourth-order valence-corrected chi connectivity index (χ4v) is 6.39. The summed E-state index contributed by atoms with van der Waals surface area (Å²) in [6.07, 6.45) is 1.53. The van der Waals surface area contributed by atoms with E-state index in [4.69, 9.17) is 0 Å². The van der Waals surface area contributed by atoms with E-state index in [9.17, 15) is 16.8 Å². The van der Waals surface area contributed by atoms with Crippen molar-refractivity contribution in [3.05, 3.63) is 41.7 Å². The van der Waals surface area contributed by atoms with Crippen LogP contribution in [0.3, 0.4) is 0 Å². The molecule has 160 valence electrons. The molecule has 0 amide bonds. The Labute approximate surface area is 173 Å². The summed E-state index contributed by atoms with van der Waals surface area (Å²) in [7, 11) is -7.35. The lowest BCUT2D eigenvalue weighted by Crippen LogP contribution is -2.50. The molecule has 1 saturated heterocycles. The molecule has 1 aliphatic rings. The molecule has 3 rings (SSSR count). The van der Waals surface area contributed by atoms with E-state index < -0.39 is 20.0 Å². The highest BCUT2D eigenvalue weighted by molar-refractivity contribution is 7.89. The molecule has 0 atom stereocenters. The Morgan fingerprint density at radius 2 is 1.45 bits per heavy atom. The quantitative estimate of drug-likeness (QED) is 0.685. The van der Waals surface area contributed by atoms with E-state index in [0.717, 1.165) is 5.56 Å². The summed E-state index contributed by atoms with van der Waals surface area (Å²) in [5, 5.41) is 4.21. The van der Waals surface area contributed by atoms with Crippen molar-refractivity contribution < 1.29 is 16.8 Å². The molecule has 0 saturated carbocycles. The molecule has 0 aliphatic carbocycles. The van der Waals surface area contributed by atoms with Crippen molar-refractivity contribution in [3.8, 4) is 0 Å². The van der Waals surface area contributed by atoms with Crippen LogP contribution in [-0.2, 0) is 26.6 Å². The highest BCUT2D eigenvalue weighted by Crippen LogP contribution is 2.24. The van der Waals surface area contributed by atoms with Crippen molar-refractivity contribution in [2.45, 2.75) is 49.9 Å². The maximum absolute atomic E-state index is 13.0. The average molecular weight is 441 g/mol. The van der Waals surface area contributed by atoms with Crippen LogP contribution in [0.4, 0.5) is 0 Å². The fourth-order valence-electron chi connectivity index (χ4n) is 3.38. The third-order valence-corrected chi connectivity index (χ3v) is 9.14. The number of nitrogens with zero attached hydrogens (tertiary/aromatic N) is 4. The second-order valence-electron chi connectivity index (χ2n) is 7.47. The van der Waals surface area contributed by atoms with Crippen LogP contribution < -0.4 is 0 Å². The van der Waals surface area contributed by atoms with Gasteiger partial charge >= 0.3 is 0 Å². The van der Waals surface area contributed by atoms with Crippen molar-refractivity contribution in [2.75, 3.05) is 26.2 Å². The van der Waals surface area contributed by atoms with E-state index in [1.165, 1.54) is 14.8 Å². The monoisotopic (exact) mass is 440 g/mol. The van der Waals surface area contributed by atoms with Crippen molar-refractivity contribution in [1.82, 2.24) is 18.4 Å². The summed E-state index contributed by atoms with van der Waals surface area (Å²) in [5.41, 5.74) is 1.52. The number of piperazine rings is 1. The van der Waals surface area contributed by atoms with Gasteiger partial charge in [-0.1, -0.05) is 26.0 Å². The fraction of sp³-hybridized carbons (Fsp3) is 0.526. The largest absolute Gasteiger partial charge is 0.271 e. The second kappa shape index (κ2) is 8.17. The van der Waals surface area contributed by atoms with E-state index in [2.05, 4.69) is 18.9 Å². The summed E-state index contributed by atoms with van der Waals surface area (Å²) in [6, 6.07) is 6.89. The zero-order chi connectivity index (χ0) is 21.4. The van der Waals surface area contributed by atoms with Gasteiger partial charge in [0.2, 0.25) is 20.0 Å². The Hall–Kier alpha value is -1.75. The molecule has 1 aromatic heterocycles. The van der Waals surface area contributed by atoms with E-state index >= 15 is 0 Å². The molecular weight excluding hydrogens is 412 g/mol. The number of hydrogen-bond acceptors (Lipinski definition) is 5. The molecular formula is C19H28N4O4S2. The molecule has 2 heterocycles. The van der Waals surface area contributed by atoms with E-state index in [1.807, 2.05) is 19.1 Å². The molecule has 0 N–H and O–H groups in total. The van der Waals surface area contributed by atoms with Crippen LogP contribution >= 0.6 is 0 Å². The summed E-state index contributed by atoms with van der Waals surface area (Å²) in [4.78, 5) is 0.415. The summed E-state index contributed by atoms with van der Waals surface area (Å²) in [5.74, 6) is 0.320. The van der Waals surface area contributed by atoms with Crippen LogP contribution in [0.1, 0.15) is 37.9 Å². The number of aryl methyl sites for hydroxylation is 2. The molecule has 1 aromatic carbocycles. The number of aromatic nitrogens is 2. The lowest BCUT2D eigenvalue weighted by Gasteiger charge is -2.33. The molecule has 10 heteroatoms. The molecule has 0 spiro atoms. The van der Waals surface area contributed by atoms with Gasteiger partial charge in [-0.15, -0.1) is 0 Å². The standard InChI is InChI=1S/C19H28N4O4S2/c1-5-21-14-19(16(4)20-21)29(26,27)23-12-10-22(11-13-23)28(24,25)18-8-6-17(7-9-18)15(2)3/h6-9,14-15H,5,10-13H2,1-4H3. The Kier molecular flexibility index (Phi) is 6.19. The van der Waals surface area contributed by atoms with Crippen LogP contribution in [0.15, 0.2) is 40.3 Å². The maximum atomic E-state index is 13.0. The smallest absolute Gasteiger partial charge is 0.246 e. The Balaban J connectivity index is 1.74. The first-order chi connectivity index (χ1) is 13.6.